The van der Waals surface area contributed by atoms with E-state index < -0.39 is 5.97 Å². The van der Waals surface area contributed by atoms with Gasteiger partial charge in [0.05, 0.1) is 0 Å². The van der Waals surface area contributed by atoms with E-state index >= 15 is 0 Å². The summed E-state index contributed by atoms with van der Waals surface area (Å²) >= 11 is 5.76. The normalized spacial score (nSPS) is 15.0. The van der Waals surface area contributed by atoms with E-state index in [9.17, 15) is 4.39 Å². The Morgan fingerprint density at radius 1 is 1.37 bits per heavy atom. The van der Waals surface area contributed by atoms with E-state index in [0.29, 0.717) is 16.5 Å². The number of carboxylic acids is 1. The monoisotopic (exact) mass is 396 g/mol. The van der Waals surface area contributed by atoms with Crippen LogP contribution in [0.25, 0.3) is 0 Å². The molecule has 1 aliphatic rings. The van der Waals surface area contributed by atoms with Crippen molar-refractivity contribution < 1.29 is 19.0 Å². The lowest BCUT2D eigenvalue weighted by Gasteiger charge is -2.28. The first kappa shape index (κ1) is 21.0. The average Bonchev–Trinajstić information content (AvgIpc) is 2.62. The van der Waals surface area contributed by atoms with Crippen LogP contribution in [0.2, 0.25) is 5.02 Å². The van der Waals surface area contributed by atoms with E-state index in [2.05, 4.69) is 9.97 Å². The van der Waals surface area contributed by atoms with Crippen LogP contribution in [-0.4, -0.2) is 39.1 Å². The molecule has 146 valence electrons. The van der Waals surface area contributed by atoms with Gasteiger partial charge in [0.2, 0.25) is 5.88 Å². The lowest BCUT2D eigenvalue weighted by atomic mass is 9.94. The minimum atomic E-state index is -0.833. The Morgan fingerprint density at radius 3 is 2.63 bits per heavy atom. The number of ether oxygens (including phenoxy) is 1. The van der Waals surface area contributed by atoms with Crippen molar-refractivity contribution in [3.05, 3.63) is 52.7 Å². The Hall–Kier alpha value is -2.29. The van der Waals surface area contributed by atoms with Crippen LogP contribution in [-0.2, 0) is 11.4 Å². The summed E-state index contributed by atoms with van der Waals surface area (Å²) in [6, 6.07) is 4.52. The van der Waals surface area contributed by atoms with Gasteiger partial charge in [-0.25, -0.2) is 14.4 Å². The summed E-state index contributed by atoms with van der Waals surface area (Å²) in [6.45, 7) is 2.80. The molecule has 1 saturated heterocycles. The first-order valence-corrected chi connectivity index (χ1v) is 8.81. The Bertz CT molecular complexity index is 766. The number of aliphatic carboxylic acids is 1. The first-order valence-electron chi connectivity index (χ1n) is 8.43. The van der Waals surface area contributed by atoms with Crippen LogP contribution in [0.4, 0.5) is 4.39 Å². The molecular formula is C18H22ClFN4O3. The van der Waals surface area contributed by atoms with Gasteiger partial charge in [-0.3, -0.25) is 15.6 Å². The molecule has 0 bridgehead atoms. The molecule has 27 heavy (non-hydrogen) atoms. The number of benzene rings is 1. The highest BCUT2D eigenvalue weighted by Gasteiger charge is 2.23. The van der Waals surface area contributed by atoms with Crippen molar-refractivity contribution in [2.45, 2.75) is 32.3 Å². The zero-order valence-electron chi connectivity index (χ0n) is 14.9. The van der Waals surface area contributed by atoms with Crippen LogP contribution in [0.1, 0.15) is 36.9 Å². The van der Waals surface area contributed by atoms with Gasteiger partial charge < -0.3 is 9.84 Å². The molecule has 7 nitrogen and oxygen atoms in total. The third-order valence-electron chi connectivity index (χ3n) is 3.99. The second-order valence-corrected chi connectivity index (χ2v) is 6.54. The predicted molar refractivity (Wildman–Crippen MR) is 98.8 cm³/mol. The van der Waals surface area contributed by atoms with Crippen LogP contribution in [0.15, 0.2) is 30.6 Å². The number of piperidine rings is 1. The number of hydrogen-bond donors (Lipinski definition) is 2. The highest BCUT2D eigenvalue weighted by atomic mass is 35.5. The van der Waals surface area contributed by atoms with E-state index in [0.717, 1.165) is 38.5 Å². The van der Waals surface area contributed by atoms with Crippen molar-refractivity contribution in [1.29, 1.82) is 0 Å². The van der Waals surface area contributed by atoms with E-state index in [1.54, 1.807) is 29.5 Å². The number of rotatable bonds is 4. The highest BCUT2D eigenvalue weighted by molar-refractivity contribution is 6.30. The van der Waals surface area contributed by atoms with Crippen molar-refractivity contribution in [2.75, 3.05) is 13.1 Å². The van der Waals surface area contributed by atoms with Gasteiger partial charge in [0.1, 0.15) is 18.1 Å². The second-order valence-electron chi connectivity index (χ2n) is 6.10. The quantitative estimate of drug-likeness (QED) is 0.766. The minimum Gasteiger partial charge on any atom is -0.481 e. The fourth-order valence-electron chi connectivity index (χ4n) is 2.69. The SMILES string of the molecule is CC(=O)O.NN1CCC(c2nccnc2OCc2ccc(Cl)cc2F)CC1. The van der Waals surface area contributed by atoms with Gasteiger partial charge in [-0.15, -0.1) is 0 Å². The molecule has 3 rings (SSSR count). The molecule has 2 heterocycles. The minimum absolute atomic E-state index is 0.0877. The maximum atomic E-state index is 13.8. The standard InChI is InChI=1S/C16H18ClFN4O.C2H4O2/c17-13-2-1-12(14(18)9-13)10-23-16-15(20-5-6-21-16)11-3-7-22(19)8-4-11;1-2(3)4/h1-2,5-6,9,11H,3-4,7-8,10,19H2;1H3,(H,3,4). The molecule has 0 aliphatic carbocycles. The molecule has 1 aromatic carbocycles. The van der Waals surface area contributed by atoms with Gasteiger partial charge in [0.25, 0.3) is 5.97 Å². The highest BCUT2D eigenvalue weighted by Crippen LogP contribution is 2.31. The summed E-state index contributed by atoms with van der Waals surface area (Å²) in [6.07, 6.45) is 5.04. The molecule has 0 atom stereocenters. The van der Waals surface area contributed by atoms with Gasteiger partial charge >= 0.3 is 0 Å². The van der Waals surface area contributed by atoms with Crippen molar-refractivity contribution in [1.82, 2.24) is 15.0 Å². The maximum Gasteiger partial charge on any atom is 0.300 e. The molecule has 0 unspecified atom stereocenters. The number of halogens is 2. The Kier molecular flexibility index (Phi) is 7.90. The summed E-state index contributed by atoms with van der Waals surface area (Å²) in [7, 11) is 0. The molecular weight excluding hydrogens is 375 g/mol. The fourth-order valence-corrected chi connectivity index (χ4v) is 2.84. The summed E-state index contributed by atoms with van der Waals surface area (Å²) in [5, 5.41) is 9.58. The lowest BCUT2D eigenvalue weighted by Crippen LogP contribution is -2.38. The largest absolute Gasteiger partial charge is 0.481 e. The predicted octanol–water partition coefficient (Wildman–Crippen LogP) is 2.99. The number of nitrogens with zero attached hydrogens (tertiary/aromatic N) is 3. The van der Waals surface area contributed by atoms with Gasteiger partial charge in [0.15, 0.2) is 0 Å². The van der Waals surface area contributed by atoms with E-state index in [4.69, 9.17) is 32.1 Å². The van der Waals surface area contributed by atoms with E-state index in [1.807, 2.05) is 0 Å². The molecule has 0 spiro atoms. The van der Waals surface area contributed by atoms with Crippen LogP contribution >= 0.6 is 11.6 Å². The third kappa shape index (κ3) is 6.74. The first-order chi connectivity index (χ1) is 12.9. The number of hydrazine groups is 1. The van der Waals surface area contributed by atoms with Crippen molar-refractivity contribution in [2.24, 2.45) is 5.84 Å². The Morgan fingerprint density at radius 2 is 2.00 bits per heavy atom. The summed E-state index contributed by atoms with van der Waals surface area (Å²) < 4.78 is 19.6. The molecule has 9 heteroatoms. The number of nitrogens with two attached hydrogens (primary N) is 1. The Balaban J connectivity index is 0.000000596. The smallest absolute Gasteiger partial charge is 0.300 e. The zero-order valence-corrected chi connectivity index (χ0v) is 15.7. The van der Waals surface area contributed by atoms with Crippen LogP contribution in [0.5, 0.6) is 5.88 Å². The summed E-state index contributed by atoms with van der Waals surface area (Å²) in [5.41, 5.74) is 1.25. The molecule has 0 radical (unpaired) electrons. The van der Waals surface area contributed by atoms with Crippen molar-refractivity contribution >= 4 is 17.6 Å². The molecule has 1 aliphatic heterocycles. The van der Waals surface area contributed by atoms with Gasteiger partial charge in [-0.2, -0.15) is 0 Å². The molecule has 1 aromatic heterocycles. The van der Waals surface area contributed by atoms with E-state index in [-0.39, 0.29) is 18.3 Å². The Labute approximate surface area is 161 Å². The number of carbonyl (C=O) groups is 1. The summed E-state index contributed by atoms with van der Waals surface area (Å²) in [5.74, 6) is 5.28. The molecule has 2 aromatic rings. The number of carboxylic acid groups (broad SMARTS) is 1. The summed E-state index contributed by atoms with van der Waals surface area (Å²) in [4.78, 5) is 17.7. The zero-order chi connectivity index (χ0) is 19.8. The third-order valence-corrected chi connectivity index (χ3v) is 4.22. The van der Waals surface area contributed by atoms with Crippen LogP contribution in [0, 0.1) is 5.82 Å². The van der Waals surface area contributed by atoms with Gasteiger partial charge in [-0.05, 0) is 25.0 Å². The molecule has 3 N–H and O–H groups in total. The van der Waals surface area contributed by atoms with Crippen molar-refractivity contribution in [3.63, 3.8) is 0 Å². The maximum absolute atomic E-state index is 13.8. The number of hydrogen-bond acceptors (Lipinski definition) is 6. The molecule has 0 saturated carbocycles. The second kappa shape index (κ2) is 10.1. The van der Waals surface area contributed by atoms with Gasteiger partial charge in [0, 0.05) is 48.9 Å². The average molecular weight is 397 g/mol. The molecule has 1 fully saturated rings. The topological polar surface area (TPSA) is 102 Å². The van der Waals surface area contributed by atoms with Crippen molar-refractivity contribution in [3.8, 4) is 5.88 Å². The van der Waals surface area contributed by atoms with Gasteiger partial charge in [-0.1, -0.05) is 17.7 Å². The van der Waals surface area contributed by atoms with E-state index in [1.165, 1.54) is 6.07 Å². The van der Waals surface area contributed by atoms with Crippen LogP contribution < -0.4 is 10.6 Å². The fraction of sp³-hybridized carbons (Fsp3) is 0.389. The lowest BCUT2D eigenvalue weighted by molar-refractivity contribution is -0.134. The van der Waals surface area contributed by atoms with Crippen LogP contribution in [0.3, 0.4) is 0 Å². The molecule has 0 amide bonds. The number of aromatic nitrogens is 2.